The van der Waals surface area contributed by atoms with Crippen LogP contribution in [0.15, 0.2) is 58.4 Å². The third kappa shape index (κ3) is 3.04. The van der Waals surface area contributed by atoms with Crippen molar-refractivity contribution in [1.82, 2.24) is 15.2 Å². The molecular weight excluding hydrogens is 328 g/mol. The molecule has 1 aromatic heterocycles. The molecule has 3 aromatic rings. The smallest absolute Gasteiger partial charge is 0.267 e. The number of nitrogens with one attached hydrogen (secondary N) is 1. The van der Waals surface area contributed by atoms with E-state index in [2.05, 4.69) is 15.6 Å². The lowest BCUT2D eigenvalue weighted by Crippen LogP contribution is -2.27. The second-order valence-corrected chi connectivity index (χ2v) is 5.45. The van der Waals surface area contributed by atoms with E-state index in [0.717, 1.165) is 4.68 Å². The quantitative estimate of drug-likeness (QED) is 0.587. The number of hydrazone groups is 1. The number of carbonyl (C=O) groups is 1. The first-order valence-electron chi connectivity index (χ1n) is 7.12. The first-order valence-corrected chi connectivity index (χ1v) is 7.49. The molecule has 0 spiro atoms. The largest absolute Gasteiger partial charge is 0.292 e. The van der Waals surface area contributed by atoms with Gasteiger partial charge in [-0.2, -0.15) is 10.2 Å². The van der Waals surface area contributed by atoms with Crippen molar-refractivity contribution >= 4 is 34.5 Å². The second kappa shape index (κ2) is 6.64. The molecule has 0 fully saturated rings. The van der Waals surface area contributed by atoms with Gasteiger partial charge in [0.15, 0.2) is 5.69 Å². The van der Waals surface area contributed by atoms with E-state index in [4.69, 9.17) is 11.6 Å². The molecule has 0 aliphatic heterocycles. The lowest BCUT2D eigenvalue weighted by Gasteiger charge is -2.06. The molecule has 0 radical (unpaired) electrons. The Morgan fingerprint density at radius 3 is 2.58 bits per heavy atom. The second-order valence-electron chi connectivity index (χ2n) is 5.04. The molecule has 0 aliphatic rings. The zero-order chi connectivity index (χ0) is 17.1. The van der Waals surface area contributed by atoms with E-state index in [0.29, 0.717) is 21.4 Å². The van der Waals surface area contributed by atoms with Crippen LogP contribution in [0.5, 0.6) is 0 Å². The number of aromatic nitrogens is 2. The Morgan fingerprint density at radius 2 is 1.83 bits per heavy atom. The fourth-order valence-electron chi connectivity index (χ4n) is 2.26. The highest BCUT2D eigenvalue weighted by atomic mass is 35.5. The van der Waals surface area contributed by atoms with Crippen molar-refractivity contribution < 1.29 is 4.79 Å². The van der Waals surface area contributed by atoms with Crippen molar-refractivity contribution in [2.75, 3.05) is 0 Å². The number of halogens is 1. The molecule has 1 amide bonds. The molecule has 6 nitrogen and oxygen atoms in total. The molecule has 24 heavy (non-hydrogen) atoms. The summed E-state index contributed by atoms with van der Waals surface area (Å²) in [7, 11) is 1.50. The molecule has 1 N–H and O–H groups in total. The van der Waals surface area contributed by atoms with E-state index < -0.39 is 5.91 Å². The molecule has 2 aromatic carbocycles. The summed E-state index contributed by atoms with van der Waals surface area (Å²) >= 11 is 6.02. The van der Waals surface area contributed by atoms with Gasteiger partial charge in [0.2, 0.25) is 0 Å². The van der Waals surface area contributed by atoms with Crippen LogP contribution in [-0.4, -0.2) is 21.9 Å². The predicted octanol–water partition coefficient (Wildman–Crippen LogP) is 2.35. The van der Waals surface area contributed by atoms with Crippen LogP contribution < -0.4 is 11.0 Å². The summed E-state index contributed by atoms with van der Waals surface area (Å²) in [6.07, 6.45) is 1.45. The Hall–Kier alpha value is -2.99. The highest BCUT2D eigenvalue weighted by molar-refractivity contribution is 6.33. The van der Waals surface area contributed by atoms with Crippen molar-refractivity contribution in [3.8, 4) is 0 Å². The zero-order valence-corrected chi connectivity index (χ0v) is 13.5. The molecule has 0 bridgehead atoms. The molecular formula is C17H13ClN4O2. The van der Waals surface area contributed by atoms with Crippen molar-refractivity contribution in [2.24, 2.45) is 12.1 Å². The molecule has 0 saturated carbocycles. The molecule has 0 saturated heterocycles. The highest BCUT2D eigenvalue weighted by Crippen LogP contribution is 2.13. The minimum absolute atomic E-state index is 0.129. The maximum Gasteiger partial charge on any atom is 0.292 e. The van der Waals surface area contributed by atoms with Crippen LogP contribution in [0.25, 0.3) is 10.8 Å². The molecule has 120 valence electrons. The molecule has 0 unspecified atom stereocenters. The summed E-state index contributed by atoms with van der Waals surface area (Å²) in [5.74, 6) is -0.509. The number of benzene rings is 2. The van der Waals surface area contributed by atoms with Crippen LogP contribution >= 0.6 is 11.6 Å². The van der Waals surface area contributed by atoms with Crippen LogP contribution in [-0.2, 0) is 7.05 Å². The van der Waals surface area contributed by atoms with Gasteiger partial charge < -0.3 is 0 Å². The Kier molecular flexibility index (Phi) is 4.39. The summed E-state index contributed by atoms with van der Waals surface area (Å²) in [5, 5.41) is 9.37. The maximum absolute atomic E-state index is 12.4. The first-order chi connectivity index (χ1) is 11.6. The normalized spacial score (nSPS) is 11.1. The van der Waals surface area contributed by atoms with E-state index in [1.807, 2.05) is 6.07 Å². The average molecular weight is 341 g/mol. The van der Waals surface area contributed by atoms with Crippen LogP contribution in [0, 0.1) is 0 Å². The Morgan fingerprint density at radius 1 is 1.17 bits per heavy atom. The minimum atomic E-state index is -0.509. The SMILES string of the molecule is Cn1nc(C(=O)N/N=C/c2ccccc2Cl)c2ccccc2c1=O. The van der Waals surface area contributed by atoms with Crippen molar-refractivity contribution in [2.45, 2.75) is 0 Å². The lowest BCUT2D eigenvalue weighted by atomic mass is 10.1. The van der Waals surface area contributed by atoms with Gasteiger partial charge in [0, 0.05) is 23.0 Å². The van der Waals surface area contributed by atoms with Gasteiger partial charge in [-0.05, 0) is 12.1 Å². The number of fused-ring (bicyclic) bond motifs is 1. The molecule has 0 atom stereocenters. The lowest BCUT2D eigenvalue weighted by molar-refractivity contribution is 0.0950. The van der Waals surface area contributed by atoms with Crippen molar-refractivity contribution in [3.63, 3.8) is 0 Å². The zero-order valence-electron chi connectivity index (χ0n) is 12.7. The summed E-state index contributed by atoms with van der Waals surface area (Å²) in [6.45, 7) is 0. The molecule has 1 heterocycles. The topological polar surface area (TPSA) is 76.3 Å². The average Bonchev–Trinajstić information content (AvgIpc) is 2.59. The summed E-state index contributed by atoms with van der Waals surface area (Å²) in [5.41, 5.74) is 2.95. The van der Waals surface area contributed by atoms with Gasteiger partial charge in [0.25, 0.3) is 11.5 Å². The maximum atomic E-state index is 12.4. The van der Waals surface area contributed by atoms with Crippen LogP contribution in [0.3, 0.4) is 0 Å². The minimum Gasteiger partial charge on any atom is -0.267 e. The number of nitrogens with zero attached hydrogens (tertiary/aromatic N) is 3. The van der Waals surface area contributed by atoms with Gasteiger partial charge >= 0.3 is 0 Å². The van der Waals surface area contributed by atoms with Gasteiger partial charge in [0.1, 0.15) is 0 Å². The summed E-state index contributed by atoms with van der Waals surface area (Å²) in [4.78, 5) is 24.4. The van der Waals surface area contributed by atoms with E-state index in [9.17, 15) is 9.59 Å². The van der Waals surface area contributed by atoms with Gasteiger partial charge in [-0.15, -0.1) is 0 Å². The van der Waals surface area contributed by atoms with Crippen LogP contribution in [0.4, 0.5) is 0 Å². The predicted molar refractivity (Wildman–Crippen MR) is 93.5 cm³/mol. The molecule has 0 aliphatic carbocycles. The van der Waals surface area contributed by atoms with Crippen LogP contribution in [0.1, 0.15) is 16.1 Å². The van der Waals surface area contributed by atoms with E-state index in [1.165, 1.54) is 13.3 Å². The highest BCUT2D eigenvalue weighted by Gasteiger charge is 2.14. The number of amides is 1. The monoisotopic (exact) mass is 340 g/mol. The number of aryl methyl sites for hydroxylation is 1. The number of carbonyl (C=O) groups excluding carboxylic acids is 1. The third-order valence-corrected chi connectivity index (χ3v) is 3.79. The van der Waals surface area contributed by atoms with Crippen molar-refractivity contribution in [1.29, 1.82) is 0 Å². The standard InChI is InChI=1S/C17H13ClN4O2/c1-22-17(24)13-8-4-3-7-12(13)15(21-22)16(23)20-19-10-11-6-2-5-9-14(11)18/h2-10H,1H3,(H,20,23)/b19-10+. The summed E-state index contributed by atoms with van der Waals surface area (Å²) < 4.78 is 1.13. The first kappa shape index (κ1) is 15.9. The number of rotatable bonds is 3. The van der Waals surface area contributed by atoms with Gasteiger partial charge in [0.05, 0.1) is 11.6 Å². The van der Waals surface area contributed by atoms with E-state index >= 15 is 0 Å². The van der Waals surface area contributed by atoms with E-state index in [1.54, 1.807) is 42.5 Å². The van der Waals surface area contributed by atoms with E-state index in [-0.39, 0.29) is 11.3 Å². The Labute approximate surface area is 142 Å². The van der Waals surface area contributed by atoms with Crippen molar-refractivity contribution in [3.05, 3.63) is 75.2 Å². The van der Waals surface area contributed by atoms with Crippen LogP contribution in [0.2, 0.25) is 5.02 Å². The Balaban J connectivity index is 1.91. The molecule has 3 rings (SSSR count). The fraction of sp³-hybridized carbons (Fsp3) is 0.0588. The van der Waals surface area contributed by atoms with Gasteiger partial charge in [-0.3, -0.25) is 9.59 Å². The summed E-state index contributed by atoms with van der Waals surface area (Å²) in [6, 6.07) is 13.9. The van der Waals surface area contributed by atoms with Gasteiger partial charge in [-0.1, -0.05) is 48.0 Å². The number of hydrogen-bond acceptors (Lipinski definition) is 4. The third-order valence-electron chi connectivity index (χ3n) is 3.45. The molecule has 7 heteroatoms. The van der Waals surface area contributed by atoms with Gasteiger partial charge in [-0.25, -0.2) is 10.1 Å². The number of hydrogen-bond donors (Lipinski definition) is 1. The fourth-order valence-corrected chi connectivity index (χ4v) is 2.45. The Bertz CT molecular complexity index is 1010.